The maximum atomic E-state index is 12.2. The summed E-state index contributed by atoms with van der Waals surface area (Å²) >= 11 is 0. The van der Waals surface area contributed by atoms with Crippen molar-refractivity contribution in [2.75, 3.05) is 5.75 Å². The van der Waals surface area contributed by atoms with Crippen LogP contribution in [0.2, 0.25) is 0 Å². The second-order valence-electron chi connectivity index (χ2n) is 4.69. The van der Waals surface area contributed by atoms with E-state index in [0.717, 1.165) is 5.69 Å². The molecule has 1 aromatic rings. The molecular formula is C13H22N4O2S. The molecule has 0 aliphatic carbocycles. The molecule has 112 valence electrons. The summed E-state index contributed by atoms with van der Waals surface area (Å²) in [4.78, 5) is 4.09. The molecule has 20 heavy (non-hydrogen) atoms. The number of hydrogen-bond acceptors (Lipinski definition) is 4. The van der Waals surface area contributed by atoms with Gasteiger partial charge >= 0.3 is 0 Å². The number of rotatable bonds is 8. The molecule has 0 fully saturated rings. The van der Waals surface area contributed by atoms with Crippen molar-refractivity contribution >= 4 is 15.9 Å². The Morgan fingerprint density at radius 3 is 2.50 bits per heavy atom. The summed E-state index contributed by atoms with van der Waals surface area (Å²) in [5.74, 6) is -0.220. The van der Waals surface area contributed by atoms with Gasteiger partial charge in [-0.3, -0.25) is 10.4 Å². The molecule has 0 atom stereocenters. The van der Waals surface area contributed by atoms with E-state index >= 15 is 0 Å². The van der Waals surface area contributed by atoms with Gasteiger partial charge < -0.3 is 5.73 Å². The van der Waals surface area contributed by atoms with Crippen LogP contribution in [0, 0.1) is 5.41 Å². The van der Waals surface area contributed by atoms with Gasteiger partial charge in [0.2, 0.25) is 10.0 Å². The van der Waals surface area contributed by atoms with Crippen molar-refractivity contribution < 1.29 is 8.42 Å². The van der Waals surface area contributed by atoms with Gasteiger partial charge in [0, 0.05) is 18.3 Å². The van der Waals surface area contributed by atoms with Gasteiger partial charge in [0.15, 0.2) is 0 Å². The highest BCUT2D eigenvalue weighted by molar-refractivity contribution is 7.89. The molecule has 1 rings (SSSR count). The summed E-state index contributed by atoms with van der Waals surface area (Å²) in [5.41, 5.74) is 5.29. The van der Waals surface area contributed by atoms with E-state index < -0.39 is 15.6 Å². The lowest BCUT2D eigenvalue weighted by molar-refractivity contribution is 0.458. The summed E-state index contributed by atoms with van der Waals surface area (Å²) in [6.45, 7) is 3.62. The number of nitrogens with two attached hydrogens (primary N) is 1. The van der Waals surface area contributed by atoms with Crippen molar-refractivity contribution in [2.24, 2.45) is 5.73 Å². The monoisotopic (exact) mass is 298 g/mol. The third-order valence-electron chi connectivity index (χ3n) is 3.43. The molecule has 4 N–H and O–H groups in total. The Morgan fingerprint density at radius 1 is 1.40 bits per heavy atom. The molecule has 0 aliphatic rings. The van der Waals surface area contributed by atoms with Gasteiger partial charge in [-0.2, -0.15) is 0 Å². The van der Waals surface area contributed by atoms with E-state index in [-0.39, 0.29) is 11.6 Å². The summed E-state index contributed by atoms with van der Waals surface area (Å²) in [7, 11) is -3.52. The third kappa shape index (κ3) is 4.28. The maximum Gasteiger partial charge on any atom is 0.212 e. The molecule has 1 aromatic heterocycles. The van der Waals surface area contributed by atoms with Crippen LogP contribution in [0.1, 0.15) is 32.4 Å². The van der Waals surface area contributed by atoms with Crippen LogP contribution >= 0.6 is 0 Å². The van der Waals surface area contributed by atoms with Crippen molar-refractivity contribution in [2.45, 2.75) is 38.6 Å². The number of pyridine rings is 1. The minimum absolute atomic E-state index is 0.0704. The summed E-state index contributed by atoms with van der Waals surface area (Å²) in [6, 6.07) is 5.39. The zero-order valence-electron chi connectivity index (χ0n) is 11.9. The first kappa shape index (κ1) is 16.6. The van der Waals surface area contributed by atoms with Crippen molar-refractivity contribution in [3.63, 3.8) is 0 Å². The van der Waals surface area contributed by atoms with Crippen LogP contribution in [0.3, 0.4) is 0 Å². The van der Waals surface area contributed by atoms with Gasteiger partial charge in [0.1, 0.15) is 5.84 Å². The smallest absolute Gasteiger partial charge is 0.212 e. The van der Waals surface area contributed by atoms with Crippen LogP contribution < -0.4 is 10.5 Å². The van der Waals surface area contributed by atoms with Gasteiger partial charge in [0.05, 0.1) is 11.3 Å². The normalized spacial score (nSPS) is 12.3. The molecule has 0 saturated heterocycles. The fourth-order valence-electron chi connectivity index (χ4n) is 1.96. The second kappa shape index (κ2) is 6.81. The van der Waals surface area contributed by atoms with E-state index in [1.165, 1.54) is 0 Å². The molecule has 1 heterocycles. The van der Waals surface area contributed by atoms with Crippen LogP contribution in [0.4, 0.5) is 0 Å². The van der Waals surface area contributed by atoms with Gasteiger partial charge in [-0.05, 0) is 25.0 Å². The molecule has 0 aliphatic heterocycles. The Bertz CT molecular complexity index is 539. The zero-order chi connectivity index (χ0) is 15.2. The molecule has 0 spiro atoms. The van der Waals surface area contributed by atoms with E-state index in [0.29, 0.717) is 19.3 Å². The van der Waals surface area contributed by atoms with Crippen LogP contribution in [0.15, 0.2) is 24.4 Å². The van der Waals surface area contributed by atoms with Crippen LogP contribution in [0.5, 0.6) is 0 Å². The minimum atomic E-state index is -3.52. The summed E-state index contributed by atoms with van der Waals surface area (Å²) < 4.78 is 26.9. The number of sulfonamides is 1. The van der Waals surface area contributed by atoms with Gasteiger partial charge in [0.25, 0.3) is 0 Å². The average Bonchev–Trinajstić information content (AvgIpc) is 2.44. The number of nitrogens with zero attached hydrogens (tertiary/aromatic N) is 1. The molecular weight excluding hydrogens is 276 g/mol. The Morgan fingerprint density at radius 2 is 2.05 bits per heavy atom. The lowest BCUT2D eigenvalue weighted by atomic mass is 9.93. The van der Waals surface area contributed by atoms with E-state index in [1.807, 2.05) is 19.9 Å². The molecule has 0 amide bonds. The van der Waals surface area contributed by atoms with E-state index in [1.54, 1.807) is 18.3 Å². The van der Waals surface area contributed by atoms with Gasteiger partial charge in [-0.1, -0.05) is 19.9 Å². The minimum Gasteiger partial charge on any atom is -0.386 e. The molecule has 0 aromatic carbocycles. The van der Waals surface area contributed by atoms with Crippen molar-refractivity contribution in [3.8, 4) is 0 Å². The highest BCUT2D eigenvalue weighted by atomic mass is 32.2. The molecule has 0 saturated carbocycles. The number of amidine groups is 1. The third-order valence-corrected chi connectivity index (χ3v) is 4.87. The van der Waals surface area contributed by atoms with E-state index in [2.05, 4.69) is 9.71 Å². The van der Waals surface area contributed by atoms with Gasteiger partial charge in [-0.15, -0.1) is 0 Å². The quantitative estimate of drug-likeness (QED) is 0.492. The Labute approximate surface area is 120 Å². The molecule has 6 nitrogen and oxygen atoms in total. The molecule has 0 bridgehead atoms. The van der Waals surface area contributed by atoms with Crippen molar-refractivity contribution in [3.05, 3.63) is 30.1 Å². The molecule has 7 heteroatoms. The van der Waals surface area contributed by atoms with Crippen molar-refractivity contribution in [1.29, 1.82) is 5.41 Å². The zero-order valence-corrected chi connectivity index (χ0v) is 12.7. The second-order valence-corrected chi connectivity index (χ2v) is 6.54. The SMILES string of the molecule is CCC(CC)(NS(=O)(=O)CCc1ccccn1)C(=N)N. The Balaban J connectivity index is 2.76. The topological polar surface area (TPSA) is 109 Å². The number of hydrogen-bond donors (Lipinski definition) is 3. The predicted molar refractivity (Wildman–Crippen MR) is 80.1 cm³/mol. The summed E-state index contributed by atoms with van der Waals surface area (Å²) in [6.07, 6.45) is 2.86. The first-order chi connectivity index (χ1) is 9.35. The highest BCUT2D eigenvalue weighted by Crippen LogP contribution is 2.16. The maximum absolute atomic E-state index is 12.2. The number of nitrogens with one attached hydrogen (secondary N) is 2. The highest BCUT2D eigenvalue weighted by Gasteiger charge is 2.34. The standard InChI is InChI=1S/C13H22N4O2S/c1-3-13(4-2,12(14)15)17-20(18,19)10-8-11-7-5-6-9-16-11/h5-7,9,17H,3-4,8,10H2,1-2H3,(H3,14,15). The van der Waals surface area contributed by atoms with Crippen LogP contribution in [-0.2, 0) is 16.4 Å². The predicted octanol–water partition coefficient (Wildman–Crippen LogP) is 1.04. The molecule has 0 unspecified atom stereocenters. The van der Waals surface area contributed by atoms with Gasteiger partial charge in [-0.25, -0.2) is 13.1 Å². The van der Waals surface area contributed by atoms with E-state index in [9.17, 15) is 8.42 Å². The summed E-state index contributed by atoms with van der Waals surface area (Å²) in [5, 5.41) is 7.61. The van der Waals surface area contributed by atoms with Crippen molar-refractivity contribution in [1.82, 2.24) is 9.71 Å². The van der Waals surface area contributed by atoms with Crippen LogP contribution in [0.25, 0.3) is 0 Å². The fraction of sp³-hybridized carbons (Fsp3) is 0.538. The Kier molecular flexibility index (Phi) is 5.64. The molecule has 0 radical (unpaired) electrons. The average molecular weight is 298 g/mol. The fourth-order valence-corrected chi connectivity index (χ4v) is 3.54. The first-order valence-corrected chi connectivity index (χ1v) is 8.26. The Hall–Kier alpha value is -1.47. The lowest BCUT2D eigenvalue weighted by Crippen LogP contribution is -2.56. The number of aryl methyl sites for hydroxylation is 1. The van der Waals surface area contributed by atoms with E-state index in [4.69, 9.17) is 11.1 Å². The largest absolute Gasteiger partial charge is 0.386 e. The first-order valence-electron chi connectivity index (χ1n) is 6.61. The lowest BCUT2D eigenvalue weighted by Gasteiger charge is -2.31. The number of aromatic nitrogens is 1. The van der Waals surface area contributed by atoms with Crippen LogP contribution in [-0.4, -0.2) is 30.5 Å².